The number of Topliss-reactive ketones (excluding diaryl/α,β-unsaturated/α-hetero) is 1. The minimum absolute atomic E-state index is 0.113. The highest BCUT2D eigenvalue weighted by Crippen LogP contribution is 2.39. The topological polar surface area (TPSA) is 63.6 Å². The molecule has 4 nitrogen and oxygen atoms in total. The molecule has 5 heteroatoms. The predicted molar refractivity (Wildman–Crippen MR) is 111 cm³/mol. The fourth-order valence-corrected chi connectivity index (χ4v) is 4.16. The van der Waals surface area contributed by atoms with Crippen LogP contribution in [0, 0.1) is 0 Å². The van der Waals surface area contributed by atoms with E-state index >= 15 is 0 Å². The Morgan fingerprint density at radius 3 is 2.64 bits per heavy atom. The van der Waals surface area contributed by atoms with Crippen molar-refractivity contribution in [2.45, 2.75) is 29.6 Å². The molecule has 0 aliphatic carbocycles. The molecular weight excluding hydrogens is 372 g/mol. The van der Waals surface area contributed by atoms with Gasteiger partial charge in [0.05, 0.1) is 13.2 Å². The van der Waals surface area contributed by atoms with Crippen molar-refractivity contribution >= 4 is 29.1 Å². The number of esters is 1. The summed E-state index contributed by atoms with van der Waals surface area (Å²) in [5, 5.41) is 10.1. The normalized spacial score (nSPS) is 15.6. The number of ketones is 1. The van der Waals surface area contributed by atoms with Crippen LogP contribution in [0.15, 0.2) is 71.7 Å². The molecule has 1 aliphatic heterocycles. The molecule has 3 rings (SSSR count). The van der Waals surface area contributed by atoms with Crippen LogP contribution in [0.3, 0.4) is 0 Å². The Balaban J connectivity index is 1.82. The van der Waals surface area contributed by atoms with Gasteiger partial charge in [0, 0.05) is 17.1 Å². The van der Waals surface area contributed by atoms with Crippen LogP contribution in [0.1, 0.15) is 29.5 Å². The third-order valence-corrected chi connectivity index (χ3v) is 5.59. The molecule has 0 saturated heterocycles. The van der Waals surface area contributed by atoms with Gasteiger partial charge in [-0.1, -0.05) is 60.7 Å². The van der Waals surface area contributed by atoms with E-state index in [0.29, 0.717) is 0 Å². The number of aliphatic hydroxyl groups is 1. The van der Waals surface area contributed by atoms with Crippen LogP contribution < -0.4 is 0 Å². The first-order chi connectivity index (χ1) is 13.6. The average Bonchev–Trinajstić information content (AvgIpc) is 2.85. The summed E-state index contributed by atoms with van der Waals surface area (Å²) in [6.07, 6.45) is 3.94. The molecular formula is C23H22O4S. The van der Waals surface area contributed by atoms with Crippen LogP contribution in [0.4, 0.5) is 0 Å². The lowest BCUT2D eigenvalue weighted by Gasteiger charge is -2.10. The van der Waals surface area contributed by atoms with Crippen LogP contribution in [0.25, 0.3) is 5.57 Å². The molecule has 0 bridgehead atoms. The van der Waals surface area contributed by atoms with E-state index in [2.05, 4.69) is 29.0 Å². The Morgan fingerprint density at radius 1 is 1.14 bits per heavy atom. The van der Waals surface area contributed by atoms with Gasteiger partial charge in [-0.3, -0.25) is 9.59 Å². The summed E-state index contributed by atoms with van der Waals surface area (Å²) >= 11 is 1.81. The van der Waals surface area contributed by atoms with E-state index in [1.165, 1.54) is 23.1 Å². The smallest absolute Gasteiger partial charge is 0.313 e. The zero-order chi connectivity index (χ0) is 19.9. The number of ether oxygens (including phenoxy) is 1. The lowest BCUT2D eigenvalue weighted by atomic mass is 9.94. The predicted octanol–water partition coefficient (Wildman–Crippen LogP) is 4.16. The van der Waals surface area contributed by atoms with Gasteiger partial charge in [0.15, 0.2) is 0 Å². The summed E-state index contributed by atoms with van der Waals surface area (Å²) in [6, 6.07) is 16.6. The second-order valence-electron chi connectivity index (χ2n) is 6.47. The van der Waals surface area contributed by atoms with Gasteiger partial charge in [0.1, 0.15) is 12.2 Å². The van der Waals surface area contributed by atoms with E-state index < -0.39 is 12.1 Å². The summed E-state index contributed by atoms with van der Waals surface area (Å²) in [5.41, 5.74) is 4.66. The number of hydrogen-bond acceptors (Lipinski definition) is 5. The van der Waals surface area contributed by atoms with Gasteiger partial charge in [-0.2, -0.15) is 0 Å². The van der Waals surface area contributed by atoms with Gasteiger partial charge in [-0.05, 0) is 28.3 Å². The van der Waals surface area contributed by atoms with Crippen molar-refractivity contribution in [2.75, 3.05) is 7.11 Å². The zero-order valence-corrected chi connectivity index (χ0v) is 16.4. The summed E-state index contributed by atoms with van der Waals surface area (Å²) in [5.74, 6) is -0.0375. The molecule has 0 radical (unpaired) electrons. The van der Waals surface area contributed by atoms with Crippen LogP contribution in [0.2, 0.25) is 0 Å². The zero-order valence-electron chi connectivity index (χ0n) is 15.6. The maximum Gasteiger partial charge on any atom is 0.313 e. The van der Waals surface area contributed by atoms with Gasteiger partial charge in [-0.15, -0.1) is 11.8 Å². The van der Waals surface area contributed by atoms with E-state index in [9.17, 15) is 14.7 Å². The third kappa shape index (κ3) is 5.00. The number of aliphatic hydroxyl groups excluding tert-OH is 1. The first-order valence-corrected chi connectivity index (χ1v) is 10.0. The second-order valence-corrected chi connectivity index (χ2v) is 7.49. The van der Waals surface area contributed by atoms with Crippen molar-refractivity contribution in [3.8, 4) is 0 Å². The van der Waals surface area contributed by atoms with E-state index in [-0.39, 0.29) is 18.6 Å². The first kappa shape index (κ1) is 20.1. The van der Waals surface area contributed by atoms with Crippen LogP contribution in [-0.4, -0.2) is 30.1 Å². The molecule has 2 aromatic carbocycles. The number of rotatable bonds is 6. The van der Waals surface area contributed by atoms with Gasteiger partial charge in [0.2, 0.25) is 0 Å². The summed E-state index contributed by atoms with van der Waals surface area (Å²) < 4.78 is 4.47. The number of fused-ring (bicyclic) bond motifs is 2. The Hall–Kier alpha value is -2.63. The van der Waals surface area contributed by atoms with Crippen LogP contribution in [0.5, 0.6) is 0 Å². The van der Waals surface area contributed by atoms with Gasteiger partial charge in [-0.25, -0.2) is 0 Å². The Bertz CT molecular complexity index is 880. The van der Waals surface area contributed by atoms with Crippen LogP contribution in [-0.2, 0) is 20.1 Å². The van der Waals surface area contributed by atoms with Gasteiger partial charge < -0.3 is 9.84 Å². The standard InChI is InChI=1S/C23H22O4S/c1-27-23(26)14-18(25)13-17(24)8-6-11-20-19-9-3-2-7-16(19)15-28-22-12-5-4-10-21(20)22/h2-12,17,24H,13-15H2,1H3/b8-6+,20-11-. The first-order valence-electron chi connectivity index (χ1n) is 9.04. The molecule has 1 heterocycles. The Kier molecular flexibility index (Phi) is 6.85. The molecule has 1 unspecified atom stereocenters. The van der Waals surface area contributed by atoms with Crippen molar-refractivity contribution in [1.82, 2.24) is 0 Å². The maximum atomic E-state index is 11.7. The third-order valence-electron chi connectivity index (χ3n) is 4.47. The fourth-order valence-electron chi connectivity index (χ4n) is 3.09. The quantitative estimate of drug-likeness (QED) is 0.589. The van der Waals surface area contributed by atoms with Crippen molar-refractivity contribution in [3.63, 3.8) is 0 Å². The highest BCUT2D eigenvalue weighted by molar-refractivity contribution is 7.98. The molecule has 0 spiro atoms. The lowest BCUT2D eigenvalue weighted by molar-refractivity contribution is -0.143. The second kappa shape index (κ2) is 9.53. The number of thioether (sulfide) groups is 1. The molecule has 1 aliphatic rings. The summed E-state index contributed by atoms with van der Waals surface area (Å²) in [6.45, 7) is 0. The molecule has 0 saturated carbocycles. The van der Waals surface area contributed by atoms with Gasteiger partial charge >= 0.3 is 5.97 Å². The number of benzene rings is 2. The molecule has 1 N–H and O–H groups in total. The maximum absolute atomic E-state index is 11.7. The largest absolute Gasteiger partial charge is 0.469 e. The van der Waals surface area contributed by atoms with Crippen molar-refractivity contribution in [2.24, 2.45) is 0 Å². The monoisotopic (exact) mass is 394 g/mol. The molecule has 28 heavy (non-hydrogen) atoms. The Morgan fingerprint density at radius 2 is 1.86 bits per heavy atom. The average molecular weight is 394 g/mol. The molecule has 0 amide bonds. The van der Waals surface area contributed by atoms with Crippen molar-refractivity contribution in [3.05, 3.63) is 83.4 Å². The van der Waals surface area contributed by atoms with Gasteiger partial charge in [0.25, 0.3) is 0 Å². The molecule has 144 valence electrons. The number of methoxy groups -OCH3 is 1. The highest BCUT2D eigenvalue weighted by Gasteiger charge is 2.17. The number of carbonyl (C=O) groups excluding carboxylic acids is 2. The molecule has 2 aromatic rings. The highest BCUT2D eigenvalue weighted by atomic mass is 32.2. The lowest BCUT2D eigenvalue weighted by Crippen LogP contribution is -2.15. The van der Waals surface area contributed by atoms with E-state index in [4.69, 9.17) is 0 Å². The fraction of sp³-hybridized carbons (Fsp3) is 0.217. The van der Waals surface area contributed by atoms with E-state index in [0.717, 1.165) is 16.9 Å². The molecule has 0 aromatic heterocycles. The SMILES string of the molecule is COC(=O)CC(=O)CC(O)/C=C/C=C1/c2ccccc2CSc2ccccc21. The van der Waals surface area contributed by atoms with E-state index in [1.807, 2.05) is 42.1 Å². The number of allylic oxidation sites excluding steroid dienone is 2. The number of carbonyl (C=O) groups is 2. The van der Waals surface area contributed by atoms with E-state index in [1.54, 1.807) is 12.2 Å². The van der Waals surface area contributed by atoms with Crippen LogP contribution >= 0.6 is 11.8 Å². The Labute approximate surface area is 168 Å². The minimum Gasteiger partial charge on any atom is -0.469 e. The molecule has 1 atom stereocenters. The summed E-state index contributed by atoms with van der Waals surface area (Å²) in [7, 11) is 1.23. The molecule has 0 fully saturated rings. The number of hydrogen-bond donors (Lipinski definition) is 1. The van der Waals surface area contributed by atoms with Crippen molar-refractivity contribution < 1.29 is 19.4 Å². The minimum atomic E-state index is -0.945. The summed E-state index contributed by atoms with van der Waals surface area (Å²) in [4.78, 5) is 24.1. The van der Waals surface area contributed by atoms with Crippen molar-refractivity contribution in [1.29, 1.82) is 0 Å².